The van der Waals surface area contributed by atoms with Crippen molar-refractivity contribution in [3.8, 4) is 0 Å². The maximum absolute atomic E-state index is 11.5. The molecule has 0 saturated heterocycles. The van der Waals surface area contributed by atoms with Crippen molar-refractivity contribution in [2.24, 2.45) is 0 Å². The molecule has 0 aliphatic carbocycles. The van der Waals surface area contributed by atoms with E-state index in [2.05, 4.69) is 0 Å². The molecule has 1 aromatic carbocycles. The zero-order chi connectivity index (χ0) is 10.6. The molecule has 14 heavy (non-hydrogen) atoms. The normalized spacial score (nSPS) is 15.4. The van der Waals surface area contributed by atoms with Crippen LogP contribution in [0, 0.1) is 0 Å². The topological polar surface area (TPSA) is 49.8 Å². The highest BCUT2D eigenvalue weighted by atomic mass is 31.2. The summed E-state index contributed by atoms with van der Waals surface area (Å²) in [5.41, 5.74) is 0.792. The second-order valence-corrected chi connectivity index (χ2v) is 4.93. The van der Waals surface area contributed by atoms with Crippen molar-refractivity contribution < 1.29 is 14.1 Å². The predicted octanol–water partition coefficient (Wildman–Crippen LogP) is 1.87. The molecule has 0 aromatic heterocycles. The predicted molar refractivity (Wildman–Crippen MR) is 54.7 cm³/mol. The Hall–Kier alpha value is -0.670. The van der Waals surface area contributed by atoms with Gasteiger partial charge in [0.25, 0.3) is 0 Å². The lowest BCUT2D eigenvalue weighted by Crippen LogP contribution is -2.11. The minimum absolute atomic E-state index is 0.0337. The number of nitrogens with zero attached hydrogens (tertiary/aromatic N) is 1. The number of rotatable bonds is 4. The maximum atomic E-state index is 11.5. The van der Waals surface area contributed by atoms with Crippen LogP contribution in [0.4, 0.5) is 0 Å². The van der Waals surface area contributed by atoms with Gasteiger partial charge in [-0.2, -0.15) is 5.06 Å². The molecule has 0 bridgehead atoms. The van der Waals surface area contributed by atoms with E-state index >= 15 is 0 Å². The molecule has 0 spiro atoms. The van der Waals surface area contributed by atoms with E-state index in [4.69, 9.17) is 4.62 Å². The first-order chi connectivity index (χ1) is 6.49. The maximum Gasteiger partial charge on any atom is 0.348 e. The van der Waals surface area contributed by atoms with E-state index in [1.807, 2.05) is 18.2 Å². The Kier molecular flexibility index (Phi) is 3.84. The Balaban J connectivity index is 2.64. The molecule has 1 N–H and O–H groups in total. The van der Waals surface area contributed by atoms with Crippen LogP contribution in [0.1, 0.15) is 5.56 Å². The SMILES string of the molecule is CN(C)OP(=O)(O)Cc1ccccc1. The Bertz CT molecular complexity index is 326. The van der Waals surface area contributed by atoms with E-state index < -0.39 is 7.60 Å². The molecule has 1 unspecified atom stereocenters. The summed E-state index contributed by atoms with van der Waals surface area (Å²) in [7, 11) is -0.390. The van der Waals surface area contributed by atoms with Crippen molar-refractivity contribution in [2.75, 3.05) is 14.1 Å². The van der Waals surface area contributed by atoms with Crippen LogP contribution in [0.2, 0.25) is 0 Å². The summed E-state index contributed by atoms with van der Waals surface area (Å²) in [4.78, 5) is 9.43. The van der Waals surface area contributed by atoms with Crippen molar-refractivity contribution in [3.63, 3.8) is 0 Å². The van der Waals surface area contributed by atoms with E-state index in [0.717, 1.165) is 5.56 Å². The summed E-state index contributed by atoms with van der Waals surface area (Å²) in [6.07, 6.45) is 0.0337. The van der Waals surface area contributed by atoms with Gasteiger partial charge in [-0.25, -0.2) is 4.62 Å². The van der Waals surface area contributed by atoms with E-state index in [-0.39, 0.29) is 6.16 Å². The Labute approximate surface area is 83.6 Å². The van der Waals surface area contributed by atoms with Gasteiger partial charge in [-0.15, -0.1) is 0 Å². The summed E-state index contributed by atoms with van der Waals surface area (Å²) in [6.45, 7) is 0. The molecule has 1 atom stereocenters. The average Bonchev–Trinajstić information content (AvgIpc) is 2.02. The number of benzene rings is 1. The lowest BCUT2D eigenvalue weighted by Gasteiger charge is -2.15. The molecule has 0 radical (unpaired) electrons. The van der Waals surface area contributed by atoms with Gasteiger partial charge in [0.1, 0.15) is 0 Å². The van der Waals surface area contributed by atoms with Crippen molar-refractivity contribution in [1.82, 2.24) is 5.06 Å². The third-order valence-corrected chi connectivity index (χ3v) is 2.86. The zero-order valence-electron chi connectivity index (χ0n) is 8.25. The first kappa shape index (κ1) is 11.4. The Morgan fingerprint density at radius 2 is 1.93 bits per heavy atom. The van der Waals surface area contributed by atoms with Crippen LogP contribution in [-0.2, 0) is 15.4 Å². The summed E-state index contributed by atoms with van der Waals surface area (Å²) in [5, 5.41) is 1.24. The highest BCUT2D eigenvalue weighted by Gasteiger charge is 2.21. The molecule has 0 saturated carbocycles. The molecule has 0 amide bonds. The van der Waals surface area contributed by atoms with Crippen LogP contribution in [0.15, 0.2) is 30.3 Å². The zero-order valence-corrected chi connectivity index (χ0v) is 9.15. The molecule has 0 aliphatic rings. The first-order valence-electron chi connectivity index (χ1n) is 4.22. The first-order valence-corrected chi connectivity index (χ1v) is 5.99. The lowest BCUT2D eigenvalue weighted by molar-refractivity contribution is -0.0150. The van der Waals surface area contributed by atoms with Gasteiger partial charge < -0.3 is 4.89 Å². The molecule has 0 heterocycles. The van der Waals surface area contributed by atoms with Gasteiger partial charge in [0.2, 0.25) is 0 Å². The van der Waals surface area contributed by atoms with Crippen LogP contribution in [0.3, 0.4) is 0 Å². The van der Waals surface area contributed by atoms with Crippen LogP contribution >= 0.6 is 7.60 Å². The van der Waals surface area contributed by atoms with Crippen LogP contribution in [-0.4, -0.2) is 24.1 Å². The summed E-state index contributed by atoms with van der Waals surface area (Å²) < 4.78 is 16.3. The molecule has 0 fully saturated rings. The summed E-state index contributed by atoms with van der Waals surface area (Å²) in [5.74, 6) is 0. The van der Waals surface area contributed by atoms with Crippen LogP contribution in [0.25, 0.3) is 0 Å². The monoisotopic (exact) mass is 215 g/mol. The standard InChI is InChI=1S/C9H14NO3P/c1-10(2)13-14(11,12)8-9-6-4-3-5-7-9/h3-7H,8H2,1-2H3,(H,11,12). The number of hydroxylamine groups is 2. The fourth-order valence-corrected chi connectivity index (χ4v) is 2.34. The van der Waals surface area contributed by atoms with Crippen LogP contribution < -0.4 is 0 Å². The van der Waals surface area contributed by atoms with E-state index in [1.165, 1.54) is 5.06 Å². The molecular formula is C9H14NO3P. The molecule has 1 rings (SSSR count). The fourth-order valence-electron chi connectivity index (χ4n) is 1.10. The third kappa shape index (κ3) is 4.03. The van der Waals surface area contributed by atoms with Crippen LogP contribution in [0.5, 0.6) is 0 Å². The summed E-state index contributed by atoms with van der Waals surface area (Å²) in [6, 6.07) is 9.10. The molecule has 4 nitrogen and oxygen atoms in total. The van der Waals surface area contributed by atoms with Crippen molar-refractivity contribution in [3.05, 3.63) is 35.9 Å². The second-order valence-electron chi connectivity index (χ2n) is 3.18. The minimum Gasteiger partial charge on any atom is -0.323 e. The van der Waals surface area contributed by atoms with Gasteiger partial charge in [0, 0.05) is 14.1 Å². The van der Waals surface area contributed by atoms with E-state index in [1.54, 1.807) is 26.2 Å². The number of hydrogen-bond donors (Lipinski definition) is 1. The Morgan fingerprint density at radius 1 is 1.36 bits per heavy atom. The minimum atomic E-state index is -3.54. The molecular weight excluding hydrogens is 201 g/mol. The second kappa shape index (κ2) is 4.71. The molecule has 1 aromatic rings. The smallest absolute Gasteiger partial charge is 0.323 e. The van der Waals surface area contributed by atoms with Gasteiger partial charge in [0.15, 0.2) is 0 Å². The quantitative estimate of drug-likeness (QED) is 0.615. The largest absolute Gasteiger partial charge is 0.348 e. The Morgan fingerprint density at radius 3 is 2.43 bits per heavy atom. The van der Waals surface area contributed by atoms with Crippen molar-refractivity contribution >= 4 is 7.60 Å². The van der Waals surface area contributed by atoms with Gasteiger partial charge in [-0.3, -0.25) is 4.57 Å². The molecule has 5 heteroatoms. The van der Waals surface area contributed by atoms with Gasteiger partial charge >= 0.3 is 7.60 Å². The van der Waals surface area contributed by atoms with Gasteiger partial charge in [-0.05, 0) is 5.56 Å². The molecule has 78 valence electrons. The summed E-state index contributed by atoms with van der Waals surface area (Å²) >= 11 is 0. The highest BCUT2D eigenvalue weighted by Crippen LogP contribution is 2.45. The number of hydrogen-bond acceptors (Lipinski definition) is 3. The van der Waals surface area contributed by atoms with Crippen molar-refractivity contribution in [2.45, 2.75) is 6.16 Å². The third-order valence-electron chi connectivity index (χ3n) is 1.52. The fraction of sp³-hybridized carbons (Fsp3) is 0.333. The van der Waals surface area contributed by atoms with Crippen molar-refractivity contribution in [1.29, 1.82) is 0 Å². The average molecular weight is 215 g/mol. The van der Waals surface area contributed by atoms with E-state index in [0.29, 0.717) is 0 Å². The lowest BCUT2D eigenvalue weighted by atomic mass is 10.2. The van der Waals surface area contributed by atoms with Gasteiger partial charge in [-0.1, -0.05) is 30.3 Å². The van der Waals surface area contributed by atoms with Gasteiger partial charge in [0.05, 0.1) is 6.16 Å². The molecule has 0 aliphatic heterocycles. The van der Waals surface area contributed by atoms with E-state index in [9.17, 15) is 9.46 Å². The highest BCUT2D eigenvalue weighted by molar-refractivity contribution is 7.51.